The molecule has 152 valence electrons. The maximum atomic E-state index is 11.5. The van der Waals surface area contributed by atoms with Crippen molar-refractivity contribution in [2.45, 2.75) is 12.5 Å². The summed E-state index contributed by atoms with van der Waals surface area (Å²) in [6.45, 7) is 0.477. The lowest BCUT2D eigenvalue weighted by Gasteiger charge is -2.38. The van der Waals surface area contributed by atoms with Crippen molar-refractivity contribution in [1.29, 1.82) is 0 Å². The van der Waals surface area contributed by atoms with E-state index >= 15 is 0 Å². The number of hydrogen-bond acceptors (Lipinski definition) is 3. The van der Waals surface area contributed by atoms with Gasteiger partial charge in [0.05, 0.1) is 11.5 Å². The summed E-state index contributed by atoms with van der Waals surface area (Å²) in [7, 11) is -2.31. The van der Waals surface area contributed by atoms with Gasteiger partial charge in [0.15, 0.2) is 0 Å². The Balaban J connectivity index is 1.86. The van der Waals surface area contributed by atoms with Crippen LogP contribution in [0.25, 0.3) is 0 Å². The summed E-state index contributed by atoms with van der Waals surface area (Å²) in [6, 6.07) is 36.3. The second-order valence-electron chi connectivity index (χ2n) is 7.54. The fourth-order valence-electron chi connectivity index (χ4n) is 4.52. The average Bonchev–Trinajstić information content (AvgIpc) is 2.84. The second-order valence-corrected chi connectivity index (χ2v) is 11.0. The zero-order chi connectivity index (χ0) is 21.3. The predicted molar refractivity (Wildman–Crippen MR) is 126 cm³/mol. The highest BCUT2D eigenvalue weighted by atomic mass is 31.2. The Morgan fingerprint density at radius 2 is 1.39 bits per heavy atom. The Morgan fingerprint density at radius 1 is 0.774 bits per heavy atom. The fraction of sp³-hybridized carbons (Fsp3) is 0.0769. The molecular weight excluding hydrogens is 405 g/mol. The lowest BCUT2D eigenvalue weighted by molar-refractivity contribution is -0.385. The van der Waals surface area contributed by atoms with E-state index in [1.54, 1.807) is 12.1 Å². The highest BCUT2D eigenvalue weighted by Gasteiger charge is 2.57. The highest BCUT2D eigenvalue weighted by molar-refractivity contribution is 7.96. The van der Waals surface area contributed by atoms with Gasteiger partial charge in [-0.05, 0) is 30.3 Å². The van der Waals surface area contributed by atoms with Crippen LogP contribution in [0, 0.1) is 10.1 Å². The smallest absolute Gasteiger partial charge is 0.269 e. The lowest BCUT2D eigenvalue weighted by Crippen LogP contribution is -2.40. The molecule has 1 aliphatic heterocycles. The minimum atomic E-state index is -2.31. The summed E-state index contributed by atoms with van der Waals surface area (Å²) >= 11 is 0. The zero-order valence-corrected chi connectivity index (χ0v) is 17.7. The number of fused-ring (bicyclic) bond motifs is 1. The van der Waals surface area contributed by atoms with Gasteiger partial charge in [0.2, 0.25) is 5.85 Å². The number of ether oxygens (including phenoxy) is 1. The van der Waals surface area contributed by atoms with E-state index in [2.05, 4.69) is 66.7 Å². The molecule has 1 unspecified atom stereocenters. The van der Waals surface area contributed by atoms with Gasteiger partial charge < -0.3 is 4.74 Å². The van der Waals surface area contributed by atoms with Crippen LogP contribution in [0.2, 0.25) is 0 Å². The summed E-state index contributed by atoms with van der Waals surface area (Å²) in [5, 5.41) is 15.2. The quantitative estimate of drug-likeness (QED) is 0.259. The van der Waals surface area contributed by atoms with E-state index in [-0.39, 0.29) is 16.5 Å². The second kappa shape index (κ2) is 8.07. The number of nitro benzene ring substituents is 1. The molecule has 4 nitrogen and oxygen atoms in total. The minimum absolute atomic E-state index is 0.0826. The van der Waals surface area contributed by atoms with Crippen LogP contribution in [0.15, 0.2) is 109 Å². The molecule has 0 spiro atoms. The average molecular weight is 426 g/mol. The van der Waals surface area contributed by atoms with Crippen molar-refractivity contribution < 1.29 is 9.66 Å². The van der Waals surface area contributed by atoms with E-state index in [1.165, 1.54) is 27.5 Å². The first kappa shape index (κ1) is 19.6. The molecule has 0 amide bonds. The van der Waals surface area contributed by atoms with Crippen molar-refractivity contribution in [3.63, 3.8) is 0 Å². The molecule has 1 atom stereocenters. The number of nitrogens with zero attached hydrogens (tertiary/aromatic N) is 1. The van der Waals surface area contributed by atoms with Crippen molar-refractivity contribution in [3.8, 4) is 0 Å². The third-order valence-corrected chi connectivity index (χ3v) is 10.4. The van der Waals surface area contributed by atoms with Crippen molar-refractivity contribution in [3.05, 3.63) is 130 Å². The lowest BCUT2D eigenvalue weighted by atomic mass is 10.2. The monoisotopic (exact) mass is 426 g/mol. The van der Waals surface area contributed by atoms with Gasteiger partial charge in [0.25, 0.3) is 5.69 Å². The van der Waals surface area contributed by atoms with Gasteiger partial charge in [-0.1, -0.05) is 66.7 Å². The van der Waals surface area contributed by atoms with E-state index in [0.717, 1.165) is 5.56 Å². The third-order valence-electron chi connectivity index (χ3n) is 5.81. The first-order valence-electron chi connectivity index (χ1n) is 10.2. The molecular formula is C26H21NO3P+. The first-order valence-corrected chi connectivity index (χ1v) is 12.0. The molecule has 0 aromatic heterocycles. The SMILES string of the molecule is O=[N+]([O-])c1cccc(C2OCc3ccccc3[P+]2(c2ccccc2)c2ccccc2)c1. The molecule has 0 N–H and O–H groups in total. The maximum Gasteiger partial charge on any atom is 0.269 e. The van der Waals surface area contributed by atoms with Crippen molar-refractivity contribution in [2.24, 2.45) is 0 Å². The molecule has 0 bridgehead atoms. The fourth-order valence-corrected chi connectivity index (χ4v) is 9.27. The Hall–Kier alpha value is -3.33. The van der Waals surface area contributed by atoms with Gasteiger partial charge in [0, 0.05) is 23.3 Å². The highest BCUT2D eigenvalue weighted by Crippen LogP contribution is 2.69. The normalized spacial score (nSPS) is 17.0. The Bertz CT molecular complexity index is 1190. The van der Waals surface area contributed by atoms with E-state index in [9.17, 15) is 10.1 Å². The molecule has 5 heteroatoms. The van der Waals surface area contributed by atoms with Gasteiger partial charge in [-0.15, -0.1) is 0 Å². The molecule has 31 heavy (non-hydrogen) atoms. The van der Waals surface area contributed by atoms with Crippen molar-refractivity contribution >= 4 is 28.9 Å². The molecule has 0 saturated carbocycles. The number of nitro groups is 1. The summed E-state index contributed by atoms with van der Waals surface area (Å²) < 4.78 is 6.58. The van der Waals surface area contributed by atoms with E-state index < -0.39 is 7.26 Å². The molecule has 0 radical (unpaired) electrons. The van der Waals surface area contributed by atoms with Gasteiger partial charge in [-0.25, -0.2) is 0 Å². The van der Waals surface area contributed by atoms with Crippen LogP contribution in [0.4, 0.5) is 5.69 Å². The van der Waals surface area contributed by atoms with E-state index in [0.29, 0.717) is 6.61 Å². The van der Waals surface area contributed by atoms with Gasteiger partial charge >= 0.3 is 0 Å². The maximum absolute atomic E-state index is 11.5. The van der Waals surface area contributed by atoms with E-state index in [1.807, 2.05) is 24.3 Å². The Labute approximate surface area is 181 Å². The largest absolute Gasteiger partial charge is 0.334 e. The van der Waals surface area contributed by atoms with E-state index in [4.69, 9.17) is 4.74 Å². The van der Waals surface area contributed by atoms with Crippen LogP contribution in [0.5, 0.6) is 0 Å². The molecule has 0 fully saturated rings. The molecule has 1 heterocycles. The molecule has 0 aliphatic carbocycles. The molecule has 0 saturated heterocycles. The predicted octanol–water partition coefficient (Wildman–Crippen LogP) is 5.12. The molecule has 4 aromatic carbocycles. The van der Waals surface area contributed by atoms with Crippen LogP contribution in [0.3, 0.4) is 0 Å². The zero-order valence-electron chi connectivity index (χ0n) is 16.8. The van der Waals surface area contributed by atoms with Crippen LogP contribution in [0.1, 0.15) is 17.0 Å². The number of hydrogen-bond donors (Lipinski definition) is 0. The van der Waals surface area contributed by atoms with Crippen LogP contribution in [-0.2, 0) is 11.3 Å². The summed E-state index contributed by atoms with van der Waals surface area (Å²) in [6.07, 6.45) is 0. The van der Waals surface area contributed by atoms with Gasteiger partial charge in [0.1, 0.15) is 23.2 Å². The van der Waals surface area contributed by atoms with Crippen LogP contribution in [-0.4, -0.2) is 4.92 Å². The summed E-state index contributed by atoms with van der Waals surface area (Å²) in [5.41, 5.74) is 2.09. The van der Waals surface area contributed by atoms with Gasteiger partial charge in [-0.3, -0.25) is 10.1 Å². The topological polar surface area (TPSA) is 52.4 Å². The molecule has 1 aliphatic rings. The standard InChI is InChI=1S/C26H21NO3P/c28-27(29)22-12-9-11-20(18-22)26-30-19-21-10-7-8-17-25(21)31(26,23-13-3-1-4-14-23)24-15-5-2-6-16-24/h1-18,26H,19H2/q+1. The van der Waals surface area contributed by atoms with Crippen LogP contribution >= 0.6 is 7.26 Å². The molecule has 5 rings (SSSR count). The van der Waals surface area contributed by atoms with Crippen LogP contribution < -0.4 is 15.9 Å². The number of benzene rings is 4. The van der Waals surface area contributed by atoms with Crippen molar-refractivity contribution in [1.82, 2.24) is 0 Å². The summed E-state index contributed by atoms with van der Waals surface area (Å²) in [4.78, 5) is 11.2. The minimum Gasteiger partial charge on any atom is -0.334 e. The number of non-ortho nitro benzene ring substituents is 1. The van der Waals surface area contributed by atoms with Crippen molar-refractivity contribution in [2.75, 3.05) is 0 Å². The molecule has 4 aromatic rings. The summed E-state index contributed by atoms with van der Waals surface area (Å²) in [5.74, 6) is -0.313. The van der Waals surface area contributed by atoms with Gasteiger partial charge in [-0.2, -0.15) is 0 Å². The number of rotatable bonds is 4. The Morgan fingerprint density at radius 3 is 2.03 bits per heavy atom. The first-order chi connectivity index (χ1) is 15.2. The Kier molecular flexibility index (Phi) is 5.11. The third kappa shape index (κ3) is 3.25.